The molecule has 3 nitrogen and oxygen atoms in total. The van der Waals surface area contributed by atoms with Crippen molar-refractivity contribution in [2.45, 2.75) is 19.3 Å². The van der Waals surface area contributed by atoms with Gasteiger partial charge in [0.1, 0.15) is 5.78 Å². The Bertz CT molecular complexity index is 468. The highest BCUT2D eigenvalue weighted by molar-refractivity contribution is 6.01. The molecule has 1 fully saturated rings. The summed E-state index contributed by atoms with van der Waals surface area (Å²) in [6.45, 7) is 0. The van der Waals surface area contributed by atoms with Gasteiger partial charge in [0.05, 0.1) is 11.6 Å². The monoisotopic (exact) mass is 213 g/mol. The van der Waals surface area contributed by atoms with Gasteiger partial charge in [-0.3, -0.25) is 9.59 Å². The van der Waals surface area contributed by atoms with Crippen molar-refractivity contribution in [1.82, 2.24) is 0 Å². The number of hydrogen-bond acceptors (Lipinski definition) is 3. The lowest BCUT2D eigenvalue weighted by molar-refractivity contribution is -0.117. The van der Waals surface area contributed by atoms with E-state index < -0.39 is 0 Å². The van der Waals surface area contributed by atoms with E-state index in [0.717, 1.165) is 0 Å². The zero-order valence-electron chi connectivity index (χ0n) is 8.77. The van der Waals surface area contributed by atoms with Crippen LogP contribution in [0.4, 0.5) is 0 Å². The van der Waals surface area contributed by atoms with Crippen LogP contribution in [0.2, 0.25) is 0 Å². The van der Waals surface area contributed by atoms with Gasteiger partial charge in [-0.05, 0) is 18.6 Å². The molecule has 0 saturated heterocycles. The predicted octanol–water partition coefficient (Wildman–Crippen LogP) is 2.11. The van der Waals surface area contributed by atoms with E-state index >= 15 is 0 Å². The Morgan fingerprint density at radius 1 is 1.31 bits per heavy atom. The molecule has 0 spiro atoms. The number of hydrogen-bond donors (Lipinski definition) is 0. The van der Waals surface area contributed by atoms with Crippen molar-refractivity contribution in [2.24, 2.45) is 5.92 Å². The molecule has 1 atom stereocenters. The Morgan fingerprint density at radius 2 is 2.00 bits per heavy atom. The van der Waals surface area contributed by atoms with Gasteiger partial charge in [-0.25, -0.2) is 0 Å². The van der Waals surface area contributed by atoms with Crippen LogP contribution in [-0.4, -0.2) is 11.6 Å². The minimum atomic E-state index is -0.152. The molecule has 1 aliphatic carbocycles. The van der Waals surface area contributed by atoms with Gasteiger partial charge in [-0.1, -0.05) is 12.1 Å². The van der Waals surface area contributed by atoms with Crippen molar-refractivity contribution in [3.05, 3.63) is 35.4 Å². The fourth-order valence-corrected chi connectivity index (χ4v) is 1.98. The highest BCUT2D eigenvalue weighted by Crippen LogP contribution is 2.25. The molecule has 0 N–H and O–H groups in total. The normalized spacial score (nSPS) is 19.4. The zero-order chi connectivity index (χ0) is 11.5. The second-order valence-corrected chi connectivity index (χ2v) is 4.03. The van der Waals surface area contributed by atoms with Crippen molar-refractivity contribution in [3.8, 4) is 6.07 Å². The largest absolute Gasteiger partial charge is 0.300 e. The maximum absolute atomic E-state index is 12.0. The number of nitrogens with zero attached hydrogens (tertiary/aromatic N) is 1. The average Bonchev–Trinajstić information content (AvgIpc) is 2.75. The zero-order valence-corrected chi connectivity index (χ0v) is 8.77. The predicted molar refractivity (Wildman–Crippen MR) is 57.8 cm³/mol. The average molecular weight is 213 g/mol. The van der Waals surface area contributed by atoms with Gasteiger partial charge in [0.25, 0.3) is 0 Å². The molecule has 0 radical (unpaired) electrons. The summed E-state index contributed by atoms with van der Waals surface area (Å²) in [5.41, 5.74) is 1.14. The first-order chi connectivity index (χ1) is 7.70. The molecule has 1 saturated carbocycles. The Balaban J connectivity index is 2.15. The van der Waals surface area contributed by atoms with Crippen LogP contribution in [0.15, 0.2) is 24.3 Å². The molecular weight excluding hydrogens is 202 g/mol. The maximum Gasteiger partial charge on any atom is 0.166 e. The summed E-state index contributed by atoms with van der Waals surface area (Å²) < 4.78 is 0. The van der Waals surface area contributed by atoms with Crippen LogP contribution in [0, 0.1) is 17.2 Å². The Hall–Kier alpha value is -1.95. The van der Waals surface area contributed by atoms with Crippen LogP contribution in [0.5, 0.6) is 0 Å². The molecule has 1 aliphatic rings. The van der Waals surface area contributed by atoms with E-state index in [2.05, 4.69) is 0 Å². The van der Waals surface area contributed by atoms with E-state index in [1.165, 1.54) is 0 Å². The summed E-state index contributed by atoms with van der Waals surface area (Å²) in [5.74, 6) is 0.0442. The summed E-state index contributed by atoms with van der Waals surface area (Å²) in [4.78, 5) is 23.1. The van der Waals surface area contributed by atoms with Crippen LogP contribution < -0.4 is 0 Å². The summed E-state index contributed by atoms with van der Waals surface area (Å²) in [6.07, 6.45) is 1.56. The van der Waals surface area contributed by atoms with Crippen molar-refractivity contribution >= 4 is 11.6 Å². The van der Waals surface area contributed by atoms with E-state index in [1.807, 2.05) is 6.07 Å². The van der Waals surface area contributed by atoms with Gasteiger partial charge in [0, 0.05) is 24.3 Å². The van der Waals surface area contributed by atoms with Gasteiger partial charge in [0.15, 0.2) is 5.78 Å². The van der Waals surface area contributed by atoms with Gasteiger partial charge in [0.2, 0.25) is 0 Å². The number of nitriles is 1. The quantitative estimate of drug-likeness (QED) is 0.707. The molecule has 1 unspecified atom stereocenters. The van der Waals surface area contributed by atoms with Gasteiger partial charge in [-0.15, -0.1) is 0 Å². The third kappa shape index (κ3) is 2.01. The third-order valence-corrected chi connectivity index (χ3v) is 2.92. The third-order valence-electron chi connectivity index (χ3n) is 2.92. The lowest BCUT2D eigenvalue weighted by atomic mass is 9.96. The highest BCUT2D eigenvalue weighted by Gasteiger charge is 2.28. The summed E-state index contributed by atoms with van der Waals surface area (Å²) in [6, 6.07) is 8.58. The molecule has 80 valence electrons. The second kappa shape index (κ2) is 4.28. The molecule has 0 aromatic heterocycles. The summed E-state index contributed by atoms with van der Waals surface area (Å²) in [5, 5.41) is 8.63. The fourth-order valence-electron chi connectivity index (χ4n) is 1.98. The first-order valence-corrected chi connectivity index (χ1v) is 5.27. The topological polar surface area (TPSA) is 57.9 Å². The van der Waals surface area contributed by atoms with E-state index in [0.29, 0.717) is 30.4 Å². The number of carbonyl (C=O) groups is 2. The lowest BCUT2D eigenvalue weighted by Crippen LogP contribution is -2.11. The molecular formula is C13H11NO2. The van der Waals surface area contributed by atoms with Crippen LogP contribution in [0.1, 0.15) is 35.2 Å². The summed E-state index contributed by atoms with van der Waals surface area (Å²) in [7, 11) is 0. The molecule has 16 heavy (non-hydrogen) atoms. The number of benzene rings is 1. The van der Waals surface area contributed by atoms with E-state index in [1.54, 1.807) is 24.3 Å². The maximum atomic E-state index is 12.0. The summed E-state index contributed by atoms with van der Waals surface area (Å²) >= 11 is 0. The number of carbonyl (C=O) groups excluding carboxylic acids is 2. The van der Waals surface area contributed by atoms with Crippen molar-refractivity contribution in [2.75, 3.05) is 0 Å². The lowest BCUT2D eigenvalue weighted by Gasteiger charge is -2.06. The Labute approximate surface area is 93.7 Å². The highest BCUT2D eigenvalue weighted by atomic mass is 16.1. The molecule has 1 aromatic carbocycles. The minimum absolute atomic E-state index is 0.0235. The second-order valence-electron chi connectivity index (χ2n) is 4.03. The van der Waals surface area contributed by atoms with Gasteiger partial charge >= 0.3 is 0 Å². The molecule has 0 amide bonds. The number of ketones is 2. The van der Waals surface area contributed by atoms with Crippen LogP contribution in [0.3, 0.4) is 0 Å². The fraction of sp³-hybridized carbons (Fsp3) is 0.308. The first-order valence-electron chi connectivity index (χ1n) is 5.27. The van der Waals surface area contributed by atoms with E-state index in [4.69, 9.17) is 5.26 Å². The van der Waals surface area contributed by atoms with Crippen molar-refractivity contribution in [1.29, 1.82) is 5.26 Å². The molecule has 0 heterocycles. The Kier molecular flexibility index (Phi) is 2.82. The van der Waals surface area contributed by atoms with Crippen LogP contribution in [-0.2, 0) is 4.79 Å². The minimum Gasteiger partial charge on any atom is -0.300 e. The number of rotatable bonds is 2. The molecule has 0 aliphatic heterocycles. The standard InChI is InChI=1S/C13H11NO2/c14-8-9-1-3-10(4-2-9)13(16)11-5-6-12(15)7-11/h1-4,11H,5-7H2. The molecule has 0 bridgehead atoms. The Morgan fingerprint density at radius 3 is 2.50 bits per heavy atom. The van der Waals surface area contributed by atoms with Gasteiger partial charge < -0.3 is 0 Å². The van der Waals surface area contributed by atoms with Crippen molar-refractivity contribution < 1.29 is 9.59 Å². The van der Waals surface area contributed by atoms with E-state index in [-0.39, 0.29) is 17.5 Å². The SMILES string of the molecule is N#Cc1ccc(C(=O)C2CCC(=O)C2)cc1. The molecule has 3 heteroatoms. The number of Topliss-reactive ketones (excluding diaryl/α,β-unsaturated/α-hetero) is 2. The van der Waals surface area contributed by atoms with Crippen molar-refractivity contribution in [3.63, 3.8) is 0 Å². The van der Waals surface area contributed by atoms with Crippen LogP contribution >= 0.6 is 0 Å². The smallest absolute Gasteiger partial charge is 0.166 e. The molecule has 1 aromatic rings. The van der Waals surface area contributed by atoms with Crippen LogP contribution in [0.25, 0.3) is 0 Å². The van der Waals surface area contributed by atoms with E-state index in [9.17, 15) is 9.59 Å². The van der Waals surface area contributed by atoms with Gasteiger partial charge in [-0.2, -0.15) is 5.26 Å². The first kappa shape index (κ1) is 10.6. The molecule has 2 rings (SSSR count).